The molecule has 0 amide bonds. The Morgan fingerprint density at radius 1 is 1.33 bits per heavy atom. The average Bonchev–Trinajstić information content (AvgIpc) is 2.34. The second-order valence-electron chi connectivity index (χ2n) is 4.31. The number of nitrogens with zero attached hydrogens (tertiary/aromatic N) is 1. The van der Waals surface area contributed by atoms with Gasteiger partial charge in [-0.2, -0.15) is 0 Å². The summed E-state index contributed by atoms with van der Waals surface area (Å²) < 4.78 is 11.0. The molecule has 0 atom stereocenters. The van der Waals surface area contributed by atoms with E-state index in [1.807, 2.05) is 20.2 Å². The van der Waals surface area contributed by atoms with Gasteiger partial charge in [0.1, 0.15) is 0 Å². The number of methoxy groups -OCH3 is 1. The molecular formula is C13H21ClN2O2. The third kappa shape index (κ3) is 4.37. The van der Waals surface area contributed by atoms with Gasteiger partial charge in [0.2, 0.25) is 0 Å². The molecule has 2 N–H and O–H groups in total. The molecule has 0 saturated heterocycles. The summed E-state index contributed by atoms with van der Waals surface area (Å²) in [4.78, 5) is 2.12. The van der Waals surface area contributed by atoms with Crippen molar-refractivity contribution in [1.82, 2.24) is 4.90 Å². The molecule has 0 saturated carbocycles. The maximum atomic E-state index is 5.98. The molecule has 0 unspecified atom stereocenters. The minimum Gasteiger partial charge on any atom is -0.493 e. The molecule has 1 rings (SSSR count). The maximum Gasteiger partial charge on any atom is 0.165 e. The van der Waals surface area contributed by atoms with Crippen LogP contribution in [0, 0.1) is 0 Å². The minimum absolute atomic E-state index is 0.375. The second kappa shape index (κ2) is 7.46. The highest BCUT2D eigenvalue weighted by molar-refractivity contribution is 6.30. The Morgan fingerprint density at radius 2 is 2.06 bits per heavy atom. The summed E-state index contributed by atoms with van der Waals surface area (Å²) in [6.45, 7) is 1.98. The van der Waals surface area contributed by atoms with E-state index in [4.69, 9.17) is 26.8 Å². The standard InChI is InChI=1S/C13H21ClN2O2/c1-16(2)5-4-6-18-13-10(9-15)7-11(14)8-12(13)17-3/h7-8H,4-6,9,15H2,1-3H3. The quantitative estimate of drug-likeness (QED) is 0.773. The third-order valence-electron chi connectivity index (χ3n) is 2.53. The van der Waals surface area contributed by atoms with Crippen LogP contribution in [0.15, 0.2) is 12.1 Å². The normalized spacial score (nSPS) is 10.8. The molecule has 0 aliphatic carbocycles. The first kappa shape index (κ1) is 15.1. The van der Waals surface area contributed by atoms with Gasteiger partial charge < -0.3 is 20.1 Å². The van der Waals surface area contributed by atoms with Gasteiger partial charge >= 0.3 is 0 Å². The van der Waals surface area contributed by atoms with Crippen LogP contribution in [0.1, 0.15) is 12.0 Å². The van der Waals surface area contributed by atoms with Crippen LogP contribution in [0.4, 0.5) is 0 Å². The molecule has 0 aromatic heterocycles. The zero-order valence-electron chi connectivity index (χ0n) is 11.2. The molecule has 5 heteroatoms. The van der Waals surface area contributed by atoms with E-state index in [0.717, 1.165) is 18.5 Å². The predicted molar refractivity (Wildman–Crippen MR) is 74.6 cm³/mol. The lowest BCUT2D eigenvalue weighted by molar-refractivity contribution is 0.266. The zero-order valence-corrected chi connectivity index (χ0v) is 12.0. The van der Waals surface area contributed by atoms with Crippen molar-refractivity contribution in [2.24, 2.45) is 5.73 Å². The van der Waals surface area contributed by atoms with Gasteiger partial charge in [0.15, 0.2) is 11.5 Å². The molecule has 0 radical (unpaired) electrons. The molecule has 4 nitrogen and oxygen atoms in total. The number of rotatable bonds is 7. The van der Waals surface area contributed by atoms with Gasteiger partial charge in [-0.25, -0.2) is 0 Å². The van der Waals surface area contributed by atoms with E-state index >= 15 is 0 Å². The highest BCUT2D eigenvalue weighted by Gasteiger charge is 2.11. The summed E-state index contributed by atoms with van der Waals surface area (Å²) in [6.07, 6.45) is 0.947. The van der Waals surface area contributed by atoms with E-state index in [9.17, 15) is 0 Å². The number of ether oxygens (including phenoxy) is 2. The van der Waals surface area contributed by atoms with E-state index in [-0.39, 0.29) is 0 Å². The molecule has 0 bridgehead atoms. The molecule has 18 heavy (non-hydrogen) atoms. The Morgan fingerprint density at radius 3 is 2.61 bits per heavy atom. The van der Waals surface area contributed by atoms with Crippen molar-refractivity contribution in [3.8, 4) is 11.5 Å². The van der Waals surface area contributed by atoms with Crippen LogP contribution in [0.5, 0.6) is 11.5 Å². The molecule has 0 aliphatic heterocycles. The van der Waals surface area contributed by atoms with Crippen molar-refractivity contribution in [3.63, 3.8) is 0 Å². The average molecular weight is 273 g/mol. The van der Waals surface area contributed by atoms with Gasteiger partial charge in [0, 0.05) is 29.7 Å². The lowest BCUT2D eigenvalue weighted by Gasteiger charge is -2.16. The first-order valence-electron chi connectivity index (χ1n) is 5.92. The fourth-order valence-electron chi connectivity index (χ4n) is 1.64. The van der Waals surface area contributed by atoms with Crippen LogP contribution in [0.25, 0.3) is 0 Å². The molecule has 0 spiro atoms. The van der Waals surface area contributed by atoms with Crippen LogP contribution >= 0.6 is 11.6 Å². The largest absolute Gasteiger partial charge is 0.493 e. The Bertz CT molecular complexity index is 358. The Hall–Kier alpha value is -0.970. The number of nitrogens with two attached hydrogens (primary N) is 1. The van der Waals surface area contributed by atoms with Crippen molar-refractivity contribution >= 4 is 11.6 Å². The maximum absolute atomic E-state index is 5.98. The van der Waals surface area contributed by atoms with Gasteiger partial charge in [-0.15, -0.1) is 0 Å². The van der Waals surface area contributed by atoms with Crippen LogP contribution in [0.2, 0.25) is 5.02 Å². The first-order valence-corrected chi connectivity index (χ1v) is 6.30. The SMILES string of the molecule is COc1cc(Cl)cc(CN)c1OCCCN(C)C. The first-order chi connectivity index (χ1) is 8.58. The third-order valence-corrected chi connectivity index (χ3v) is 2.75. The number of benzene rings is 1. The summed E-state index contributed by atoms with van der Waals surface area (Å²) >= 11 is 5.98. The topological polar surface area (TPSA) is 47.7 Å². The highest BCUT2D eigenvalue weighted by atomic mass is 35.5. The molecule has 102 valence electrons. The Kier molecular flexibility index (Phi) is 6.25. The van der Waals surface area contributed by atoms with E-state index < -0.39 is 0 Å². The molecule has 0 aliphatic rings. The monoisotopic (exact) mass is 272 g/mol. The molecule has 0 fully saturated rings. The molecule has 1 aromatic rings. The predicted octanol–water partition coefficient (Wildman–Crippen LogP) is 2.14. The van der Waals surface area contributed by atoms with Crippen LogP contribution in [-0.2, 0) is 6.54 Å². The van der Waals surface area contributed by atoms with Gasteiger partial charge in [0.05, 0.1) is 13.7 Å². The highest BCUT2D eigenvalue weighted by Crippen LogP contribution is 2.34. The lowest BCUT2D eigenvalue weighted by atomic mass is 10.2. The van der Waals surface area contributed by atoms with Crippen molar-refractivity contribution < 1.29 is 9.47 Å². The van der Waals surface area contributed by atoms with Crippen molar-refractivity contribution in [3.05, 3.63) is 22.7 Å². The summed E-state index contributed by atoms with van der Waals surface area (Å²) in [5.74, 6) is 1.33. The number of hydrogen-bond donors (Lipinski definition) is 1. The summed E-state index contributed by atoms with van der Waals surface area (Å²) in [5.41, 5.74) is 6.56. The van der Waals surface area contributed by atoms with Gasteiger partial charge in [-0.05, 0) is 26.6 Å². The van der Waals surface area contributed by atoms with Crippen LogP contribution in [0.3, 0.4) is 0 Å². The van der Waals surface area contributed by atoms with Gasteiger partial charge in [0.25, 0.3) is 0 Å². The Balaban J connectivity index is 2.73. The van der Waals surface area contributed by atoms with Gasteiger partial charge in [-0.3, -0.25) is 0 Å². The minimum atomic E-state index is 0.375. The van der Waals surface area contributed by atoms with Crippen LogP contribution < -0.4 is 15.2 Å². The summed E-state index contributed by atoms with van der Waals surface area (Å²) in [6, 6.07) is 3.55. The molecule has 1 aromatic carbocycles. The van der Waals surface area contributed by atoms with Gasteiger partial charge in [-0.1, -0.05) is 11.6 Å². The number of hydrogen-bond acceptors (Lipinski definition) is 4. The fourth-order valence-corrected chi connectivity index (χ4v) is 1.88. The fraction of sp³-hybridized carbons (Fsp3) is 0.538. The van der Waals surface area contributed by atoms with Crippen LogP contribution in [-0.4, -0.2) is 39.3 Å². The second-order valence-corrected chi connectivity index (χ2v) is 4.74. The molecular weight excluding hydrogens is 252 g/mol. The van der Waals surface area contributed by atoms with Crippen molar-refractivity contribution in [2.45, 2.75) is 13.0 Å². The smallest absolute Gasteiger partial charge is 0.165 e. The number of halogens is 1. The van der Waals surface area contributed by atoms with Crippen molar-refractivity contribution in [1.29, 1.82) is 0 Å². The summed E-state index contributed by atoms with van der Waals surface area (Å²) in [5, 5.41) is 0.605. The summed E-state index contributed by atoms with van der Waals surface area (Å²) in [7, 11) is 5.67. The Labute approximate surface area is 114 Å². The van der Waals surface area contributed by atoms with E-state index in [0.29, 0.717) is 29.7 Å². The zero-order chi connectivity index (χ0) is 13.5. The van der Waals surface area contributed by atoms with Crippen molar-refractivity contribution in [2.75, 3.05) is 34.4 Å². The molecule has 0 heterocycles. The lowest BCUT2D eigenvalue weighted by Crippen LogP contribution is -2.16. The van der Waals surface area contributed by atoms with E-state index in [1.165, 1.54) is 0 Å². The van der Waals surface area contributed by atoms with E-state index in [2.05, 4.69) is 4.90 Å². The van der Waals surface area contributed by atoms with E-state index in [1.54, 1.807) is 13.2 Å².